The van der Waals surface area contributed by atoms with Crippen molar-refractivity contribution in [2.45, 2.75) is 57.0 Å². The molecule has 88 valence electrons. The highest BCUT2D eigenvalue weighted by Gasteiger charge is 2.49. The zero-order chi connectivity index (χ0) is 11.3. The first-order chi connectivity index (χ1) is 7.17. The van der Waals surface area contributed by atoms with Gasteiger partial charge in [-0.2, -0.15) is 0 Å². The summed E-state index contributed by atoms with van der Waals surface area (Å²) in [4.78, 5) is 0. The first-order valence-corrected chi connectivity index (χ1v) is 7.98. The predicted octanol–water partition coefficient (Wildman–Crippen LogP) is 3.98. The molecular weight excluding hydrogens is 204 g/mol. The summed E-state index contributed by atoms with van der Waals surface area (Å²) in [5.41, 5.74) is 1.14. The van der Waals surface area contributed by atoms with Crippen molar-refractivity contribution in [1.29, 1.82) is 0 Å². The standard InChI is InChI=1S/C12H24O2Si/c1-5-14-15(13-4,11(2)3)12-9-7-6-8-10-12/h5,11-12H,1,6-10H2,2-4H3. The summed E-state index contributed by atoms with van der Waals surface area (Å²) in [7, 11) is -0.254. The van der Waals surface area contributed by atoms with Crippen LogP contribution in [0, 0.1) is 0 Å². The van der Waals surface area contributed by atoms with Crippen LogP contribution in [-0.4, -0.2) is 15.7 Å². The van der Waals surface area contributed by atoms with Gasteiger partial charge in [0.25, 0.3) is 0 Å². The summed E-state index contributed by atoms with van der Waals surface area (Å²) in [6, 6.07) is 0. The summed E-state index contributed by atoms with van der Waals surface area (Å²) in [5, 5.41) is 0. The quantitative estimate of drug-likeness (QED) is 0.523. The smallest absolute Gasteiger partial charge is 0.404 e. The van der Waals surface area contributed by atoms with Crippen molar-refractivity contribution in [2.75, 3.05) is 7.11 Å². The van der Waals surface area contributed by atoms with E-state index in [2.05, 4.69) is 20.4 Å². The van der Waals surface area contributed by atoms with Crippen molar-refractivity contribution in [3.63, 3.8) is 0 Å². The highest BCUT2D eigenvalue weighted by Crippen LogP contribution is 2.43. The lowest BCUT2D eigenvalue weighted by molar-refractivity contribution is 0.231. The monoisotopic (exact) mass is 228 g/mol. The molecule has 1 atom stereocenters. The highest BCUT2D eigenvalue weighted by atomic mass is 28.4. The molecule has 0 aromatic heterocycles. The summed E-state index contributed by atoms with van der Waals surface area (Å²) < 4.78 is 11.7. The van der Waals surface area contributed by atoms with E-state index in [9.17, 15) is 0 Å². The van der Waals surface area contributed by atoms with Gasteiger partial charge in [-0.05, 0) is 12.8 Å². The van der Waals surface area contributed by atoms with Gasteiger partial charge in [-0.1, -0.05) is 39.7 Å². The average Bonchev–Trinajstić information content (AvgIpc) is 2.26. The predicted molar refractivity (Wildman–Crippen MR) is 66.0 cm³/mol. The van der Waals surface area contributed by atoms with E-state index >= 15 is 0 Å². The lowest BCUT2D eigenvalue weighted by Crippen LogP contribution is -2.48. The molecule has 0 N–H and O–H groups in total. The van der Waals surface area contributed by atoms with E-state index in [0.29, 0.717) is 11.1 Å². The van der Waals surface area contributed by atoms with Crippen LogP contribution in [0.5, 0.6) is 0 Å². The lowest BCUT2D eigenvalue weighted by atomic mass is 10.0. The van der Waals surface area contributed by atoms with Gasteiger partial charge in [-0.15, -0.1) is 0 Å². The fraction of sp³-hybridized carbons (Fsp3) is 0.833. The minimum absolute atomic E-state index is 0.489. The Balaban J connectivity index is 2.80. The van der Waals surface area contributed by atoms with Crippen molar-refractivity contribution < 1.29 is 8.85 Å². The SMILES string of the molecule is C=CO[Si](OC)(C(C)C)C1CCCCC1. The minimum atomic E-state index is -2.06. The third-order valence-corrected chi connectivity index (χ3v) is 8.06. The maximum atomic E-state index is 5.86. The maximum Gasteiger partial charge on any atom is 0.404 e. The van der Waals surface area contributed by atoms with Gasteiger partial charge < -0.3 is 8.85 Å². The Morgan fingerprint density at radius 1 is 1.27 bits per heavy atom. The van der Waals surface area contributed by atoms with Gasteiger partial charge in [0.2, 0.25) is 0 Å². The van der Waals surface area contributed by atoms with E-state index in [4.69, 9.17) is 8.85 Å². The highest BCUT2D eigenvalue weighted by molar-refractivity contribution is 6.70. The summed E-state index contributed by atoms with van der Waals surface area (Å²) in [5.74, 6) is 0. The first kappa shape index (κ1) is 12.8. The van der Waals surface area contributed by atoms with Crippen LogP contribution >= 0.6 is 0 Å². The number of hydrogen-bond donors (Lipinski definition) is 0. The van der Waals surface area contributed by atoms with E-state index in [1.165, 1.54) is 32.1 Å². The van der Waals surface area contributed by atoms with Gasteiger partial charge >= 0.3 is 8.56 Å². The summed E-state index contributed by atoms with van der Waals surface area (Å²) in [6.45, 7) is 8.14. The second-order valence-electron chi connectivity index (χ2n) is 4.70. The lowest BCUT2D eigenvalue weighted by Gasteiger charge is -2.39. The van der Waals surface area contributed by atoms with Crippen LogP contribution in [0.4, 0.5) is 0 Å². The Labute approximate surface area is 94.9 Å². The summed E-state index contributed by atoms with van der Waals surface area (Å²) in [6.07, 6.45) is 8.16. The van der Waals surface area contributed by atoms with Crippen LogP contribution in [0.1, 0.15) is 46.0 Å². The molecule has 1 rings (SSSR count). The molecule has 0 heterocycles. The molecule has 0 radical (unpaired) electrons. The molecule has 0 saturated heterocycles. The minimum Gasteiger partial charge on any atom is -0.527 e. The zero-order valence-corrected chi connectivity index (χ0v) is 11.3. The first-order valence-electron chi connectivity index (χ1n) is 6.01. The molecule has 0 aliphatic heterocycles. The third-order valence-electron chi connectivity index (χ3n) is 3.57. The Morgan fingerprint density at radius 3 is 2.27 bits per heavy atom. The molecule has 1 saturated carbocycles. The van der Waals surface area contributed by atoms with Crippen molar-refractivity contribution >= 4 is 8.56 Å². The second kappa shape index (κ2) is 5.71. The molecule has 0 spiro atoms. The molecule has 0 bridgehead atoms. The Kier molecular flexibility index (Phi) is 4.86. The van der Waals surface area contributed by atoms with Crippen molar-refractivity contribution in [2.24, 2.45) is 0 Å². The van der Waals surface area contributed by atoms with Crippen molar-refractivity contribution in [1.82, 2.24) is 0 Å². The molecule has 3 heteroatoms. The molecule has 1 unspecified atom stereocenters. The molecule has 0 aromatic carbocycles. The van der Waals surface area contributed by atoms with Crippen LogP contribution in [0.15, 0.2) is 12.8 Å². The Bertz CT molecular complexity index is 200. The topological polar surface area (TPSA) is 18.5 Å². The van der Waals surface area contributed by atoms with Gasteiger partial charge in [-0.25, -0.2) is 0 Å². The molecule has 1 aliphatic carbocycles. The average molecular weight is 228 g/mol. The van der Waals surface area contributed by atoms with Crippen LogP contribution in [-0.2, 0) is 8.85 Å². The second-order valence-corrected chi connectivity index (χ2v) is 8.76. The molecule has 15 heavy (non-hydrogen) atoms. The van der Waals surface area contributed by atoms with Crippen LogP contribution in [0.25, 0.3) is 0 Å². The zero-order valence-electron chi connectivity index (χ0n) is 10.3. The fourth-order valence-corrected chi connectivity index (χ4v) is 6.57. The van der Waals surface area contributed by atoms with Crippen LogP contribution in [0.2, 0.25) is 11.1 Å². The fourth-order valence-electron chi connectivity index (χ4n) is 2.79. The molecular formula is C12H24O2Si. The third kappa shape index (κ3) is 2.64. The van der Waals surface area contributed by atoms with Gasteiger partial charge in [0.05, 0.1) is 6.26 Å². The van der Waals surface area contributed by atoms with E-state index in [1.54, 1.807) is 6.26 Å². The Hall–Kier alpha value is -0.283. The Morgan fingerprint density at radius 2 is 1.87 bits per heavy atom. The van der Waals surface area contributed by atoms with E-state index < -0.39 is 8.56 Å². The molecule has 0 aromatic rings. The van der Waals surface area contributed by atoms with Crippen LogP contribution in [0.3, 0.4) is 0 Å². The summed E-state index contributed by atoms with van der Waals surface area (Å²) >= 11 is 0. The molecule has 1 fully saturated rings. The van der Waals surface area contributed by atoms with Crippen LogP contribution < -0.4 is 0 Å². The molecule has 0 amide bonds. The van der Waals surface area contributed by atoms with Gasteiger partial charge in [0.1, 0.15) is 0 Å². The maximum absolute atomic E-state index is 5.86. The van der Waals surface area contributed by atoms with Gasteiger partial charge in [0.15, 0.2) is 0 Å². The number of hydrogen-bond acceptors (Lipinski definition) is 2. The van der Waals surface area contributed by atoms with Gasteiger partial charge in [0, 0.05) is 18.2 Å². The van der Waals surface area contributed by atoms with Gasteiger partial charge in [-0.3, -0.25) is 0 Å². The normalized spacial score (nSPS) is 22.4. The van der Waals surface area contributed by atoms with E-state index in [0.717, 1.165) is 0 Å². The largest absolute Gasteiger partial charge is 0.527 e. The van der Waals surface area contributed by atoms with Crippen molar-refractivity contribution in [3.05, 3.63) is 12.8 Å². The van der Waals surface area contributed by atoms with E-state index in [-0.39, 0.29) is 0 Å². The van der Waals surface area contributed by atoms with Crippen molar-refractivity contribution in [3.8, 4) is 0 Å². The molecule has 1 aliphatic rings. The van der Waals surface area contributed by atoms with E-state index in [1.807, 2.05) is 7.11 Å². The molecule has 2 nitrogen and oxygen atoms in total. The number of rotatable bonds is 5.